The van der Waals surface area contributed by atoms with Crippen LogP contribution in [0.3, 0.4) is 0 Å². The third-order valence-corrected chi connectivity index (χ3v) is 6.41. The molecule has 0 radical (unpaired) electrons. The van der Waals surface area contributed by atoms with E-state index in [9.17, 15) is 8.42 Å². The van der Waals surface area contributed by atoms with E-state index in [-0.39, 0.29) is 29.7 Å². The molecule has 0 aromatic rings. The first kappa shape index (κ1) is 23.9. The number of likely N-dealkylation sites (N-methyl/N-ethyl adjacent to an activating group) is 1. The number of rotatable bonds is 9. The monoisotopic (exact) mass is 475 g/mol. The lowest BCUT2D eigenvalue weighted by Gasteiger charge is -2.24. The lowest BCUT2D eigenvalue weighted by Crippen LogP contribution is -2.46. The van der Waals surface area contributed by atoms with Crippen molar-refractivity contribution in [1.29, 1.82) is 0 Å². The fourth-order valence-electron chi connectivity index (χ4n) is 3.02. The van der Waals surface area contributed by atoms with Crippen LogP contribution in [-0.2, 0) is 10.0 Å². The highest BCUT2D eigenvalue weighted by Crippen LogP contribution is 2.15. The van der Waals surface area contributed by atoms with Crippen LogP contribution >= 0.6 is 24.0 Å². The summed E-state index contributed by atoms with van der Waals surface area (Å²) in [4.78, 5) is 6.64. The first-order valence-electron chi connectivity index (χ1n) is 8.64. The van der Waals surface area contributed by atoms with E-state index in [1.807, 2.05) is 13.8 Å². The molecule has 24 heavy (non-hydrogen) atoms. The fourth-order valence-corrected chi connectivity index (χ4v) is 4.43. The van der Waals surface area contributed by atoms with E-state index in [2.05, 4.69) is 27.4 Å². The highest BCUT2D eigenvalue weighted by molar-refractivity contribution is 14.0. The van der Waals surface area contributed by atoms with Gasteiger partial charge in [0.25, 0.3) is 0 Å². The van der Waals surface area contributed by atoms with Crippen molar-refractivity contribution in [2.75, 3.05) is 52.1 Å². The summed E-state index contributed by atoms with van der Waals surface area (Å²) in [5, 5.41) is 6.41. The smallest absolute Gasteiger partial charge is 0.215 e. The van der Waals surface area contributed by atoms with Gasteiger partial charge < -0.3 is 10.6 Å². The van der Waals surface area contributed by atoms with E-state index in [4.69, 9.17) is 0 Å². The number of sulfonamides is 1. The highest BCUT2D eigenvalue weighted by Gasteiger charge is 2.23. The first-order valence-corrected chi connectivity index (χ1v) is 10.3. The van der Waals surface area contributed by atoms with Gasteiger partial charge in [0, 0.05) is 39.3 Å². The van der Waals surface area contributed by atoms with E-state index in [0.717, 1.165) is 19.6 Å². The maximum Gasteiger partial charge on any atom is 0.215 e. The van der Waals surface area contributed by atoms with Gasteiger partial charge in [-0.1, -0.05) is 20.8 Å². The molecular weight excluding hydrogens is 441 g/mol. The zero-order valence-electron chi connectivity index (χ0n) is 15.4. The Morgan fingerprint density at radius 1 is 1.25 bits per heavy atom. The maximum atomic E-state index is 12.1. The van der Waals surface area contributed by atoms with Gasteiger partial charge in [-0.15, -0.1) is 24.0 Å². The third-order valence-electron chi connectivity index (χ3n) is 4.39. The molecule has 2 N–H and O–H groups in total. The summed E-state index contributed by atoms with van der Waals surface area (Å²) in [6.07, 6.45) is 2.45. The van der Waals surface area contributed by atoms with Gasteiger partial charge in [0.2, 0.25) is 10.0 Å². The quantitative estimate of drug-likeness (QED) is 0.295. The van der Waals surface area contributed by atoms with E-state index >= 15 is 0 Å². The van der Waals surface area contributed by atoms with Gasteiger partial charge in [0.15, 0.2) is 5.96 Å². The van der Waals surface area contributed by atoms with Crippen LogP contribution in [0.5, 0.6) is 0 Å². The zero-order valence-corrected chi connectivity index (χ0v) is 18.6. The number of hydrogen-bond acceptors (Lipinski definition) is 4. The molecule has 0 amide bonds. The molecule has 1 saturated heterocycles. The zero-order chi connectivity index (χ0) is 17.3. The molecule has 0 aromatic carbocycles. The average molecular weight is 475 g/mol. The van der Waals surface area contributed by atoms with Gasteiger partial charge in [-0.2, -0.15) is 0 Å². The Morgan fingerprint density at radius 2 is 1.92 bits per heavy atom. The molecule has 1 heterocycles. The van der Waals surface area contributed by atoms with Crippen LogP contribution in [-0.4, -0.2) is 81.7 Å². The number of nitrogens with zero attached hydrogens (tertiary/aromatic N) is 3. The average Bonchev–Trinajstić information content (AvgIpc) is 2.98. The molecule has 1 rings (SSSR count). The van der Waals surface area contributed by atoms with Crippen LogP contribution in [0.15, 0.2) is 4.99 Å². The van der Waals surface area contributed by atoms with E-state index < -0.39 is 10.0 Å². The first-order chi connectivity index (χ1) is 11.0. The molecule has 0 aromatic heterocycles. The molecule has 1 aliphatic rings. The predicted octanol–water partition coefficient (Wildman–Crippen LogP) is 0.925. The minimum Gasteiger partial charge on any atom is -0.355 e. The SMILES string of the molecule is CCN1CCCC1CNC(=NC)NCCS(=O)(=O)N(CC)CC.I. The van der Waals surface area contributed by atoms with Gasteiger partial charge in [0.1, 0.15) is 0 Å². The summed E-state index contributed by atoms with van der Waals surface area (Å²) in [6.45, 7) is 10.4. The topological polar surface area (TPSA) is 77.0 Å². The summed E-state index contributed by atoms with van der Waals surface area (Å²) in [5.41, 5.74) is 0. The second-order valence-corrected chi connectivity index (χ2v) is 7.79. The largest absolute Gasteiger partial charge is 0.355 e. The minimum absolute atomic E-state index is 0. The molecule has 144 valence electrons. The maximum absolute atomic E-state index is 12.1. The van der Waals surface area contributed by atoms with Gasteiger partial charge in [0.05, 0.1) is 5.75 Å². The highest BCUT2D eigenvalue weighted by atomic mass is 127. The summed E-state index contributed by atoms with van der Waals surface area (Å²) >= 11 is 0. The van der Waals surface area contributed by atoms with E-state index in [1.165, 1.54) is 17.1 Å². The second kappa shape index (κ2) is 12.3. The minimum atomic E-state index is -3.19. The lowest BCUT2D eigenvalue weighted by atomic mass is 10.2. The Bertz CT molecular complexity index is 468. The van der Waals surface area contributed by atoms with Crippen LogP contribution in [0.2, 0.25) is 0 Å². The lowest BCUT2D eigenvalue weighted by molar-refractivity contribution is 0.267. The number of nitrogens with one attached hydrogen (secondary N) is 2. The Kier molecular flexibility index (Phi) is 12.2. The van der Waals surface area contributed by atoms with Crippen molar-refractivity contribution in [2.24, 2.45) is 4.99 Å². The van der Waals surface area contributed by atoms with Gasteiger partial charge in [-0.3, -0.25) is 9.89 Å². The van der Waals surface area contributed by atoms with Crippen LogP contribution in [0.1, 0.15) is 33.6 Å². The van der Waals surface area contributed by atoms with Crippen molar-refractivity contribution in [3.63, 3.8) is 0 Å². The Labute approximate surface area is 164 Å². The van der Waals surface area contributed by atoms with Crippen molar-refractivity contribution >= 4 is 40.0 Å². The summed E-state index contributed by atoms with van der Waals surface area (Å²) in [5.74, 6) is 0.752. The van der Waals surface area contributed by atoms with Crippen molar-refractivity contribution in [3.05, 3.63) is 0 Å². The standard InChI is InChI=1S/C15H33N5O2S.HI/c1-5-19-11-8-9-14(19)13-18-15(16-4)17-10-12-23(21,22)20(6-2)7-3;/h14H,5-13H2,1-4H3,(H2,16,17,18);1H. The summed E-state index contributed by atoms with van der Waals surface area (Å²) in [6, 6.07) is 0.540. The Morgan fingerprint density at radius 3 is 2.46 bits per heavy atom. The van der Waals surface area contributed by atoms with E-state index in [1.54, 1.807) is 7.05 Å². The number of guanidine groups is 1. The van der Waals surface area contributed by atoms with Gasteiger partial charge in [-0.05, 0) is 25.9 Å². The molecule has 0 saturated carbocycles. The fraction of sp³-hybridized carbons (Fsp3) is 0.933. The Balaban J connectivity index is 0.00000529. The van der Waals surface area contributed by atoms with Crippen LogP contribution in [0, 0.1) is 0 Å². The van der Waals surface area contributed by atoms with Crippen LogP contribution in [0.25, 0.3) is 0 Å². The molecular formula is C15H34IN5O2S. The predicted molar refractivity (Wildman–Crippen MR) is 112 cm³/mol. The van der Waals surface area contributed by atoms with Gasteiger partial charge >= 0.3 is 0 Å². The van der Waals surface area contributed by atoms with Gasteiger partial charge in [-0.25, -0.2) is 12.7 Å². The van der Waals surface area contributed by atoms with Crippen LogP contribution in [0.4, 0.5) is 0 Å². The van der Waals surface area contributed by atoms with Crippen LogP contribution < -0.4 is 10.6 Å². The molecule has 1 fully saturated rings. The van der Waals surface area contributed by atoms with E-state index in [0.29, 0.717) is 31.6 Å². The number of halogens is 1. The Hall–Kier alpha value is -0.130. The van der Waals surface area contributed by atoms with Crippen molar-refractivity contribution in [2.45, 2.75) is 39.7 Å². The summed E-state index contributed by atoms with van der Waals surface area (Å²) < 4.78 is 25.7. The molecule has 7 nitrogen and oxygen atoms in total. The third kappa shape index (κ3) is 7.40. The molecule has 0 aliphatic carbocycles. The normalized spacial score (nSPS) is 19.4. The number of aliphatic imine (C=N–C) groups is 1. The molecule has 0 bridgehead atoms. The molecule has 1 unspecified atom stereocenters. The second-order valence-electron chi connectivity index (χ2n) is 5.70. The number of hydrogen-bond donors (Lipinski definition) is 2. The summed E-state index contributed by atoms with van der Waals surface area (Å²) in [7, 11) is -1.48. The molecule has 9 heteroatoms. The van der Waals surface area contributed by atoms with Crippen molar-refractivity contribution in [3.8, 4) is 0 Å². The molecule has 1 aliphatic heterocycles. The van der Waals surface area contributed by atoms with Crippen molar-refractivity contribution < 1.29 is 8.42 Å². The molecule has 0 spiro atoms. The number of likely N-dealkylation sites (tertiary alicyclic amines) is 1. The molecule has 1 atom stereocenters. The van der Waals surface area contributed by atoms with Crippen molar-refractivity contribution in [1.82, 2.24) is 19.8 Å².